The number of allylic oxidation sites excluding steroid dienone is 1. The molecule has 1 unspecified atom stereocenters. The fourth-order valence-electron chi connectivity index (χ4n) is 1.09. The predicted octanol–water partition coefficient (Wildman–Crippen LogP) is 0.571. The third-order valence-electron chi connectivity index (χ3n) is 1.93. The Morgan fingerprint density at radius 2 is 2.00 bits per heavy atom. The van der Waals surface area contributed by atoms with E-state index in [-0.39, 0.29) is 18.7 Å². The molecule has 0 aliphatic rings. The minimum absolute atomic E-state index is 0.0188. The van der Waals surface area contributed by atoms with Gasteiger partial charge in [-0.15, -0.1) is 0 Å². The molecule has 0 fully saturated rings. The summed E-state index contributed by atoms with van der Waals surface area (Å²) in [7, 11) is 0. The normalized spacial score (nSPS) is 14.7. The van der Waals surface area contributed by atoms with Crippen LogP contribution in [0.5, 0.6) is 0 Å². The van der Waals surface area contributed by atoms with Gasteiger partial charge in [0.2, 0.25) is 0 Å². The van der Waals surface area contributed by atoms with E-state index in [1.807, 2.05) is 0 Å². The van der Waals surface area contributed by atoms with E-state index in [4.69, 9.17) is 10.8 Å². The smallest absolute Gasteiger partial charge is 0.304 e. The molecule has 0 aliphatic carbocycles. The lowest BCUT2D eigenvalue weighted by Gasteiger charge is -2.24. The number of carboxylic acids is 1. The summed E-state index contributed by atoms with van der Waals surface area (Å²) in [6, 6.07) is 0. The molecular weight excluding hydrogens is 170 g/mol. The van der Waals surface area contributed by atoms with E-state index in [0.29, 0.717) is 5.57 Å². The Bertz CT molecular complexity index is 247. The summed E-state index contributed by atoms with van der Waals surface area (Å²) in [4.78, 5) is 22.0. The molecule has 0 amide bonds. The highest BCUT2D eigenvalue weighted by atomic mass is 16.4. The van der Waals surface area contributed by atoms with E-state index in [2.05, 4.69) is 6.58 Å². The van der Waals surface area contributed by atoms with Crippen LogP contribution in [0.3, 0.4) is 0 Å². The van der Waals surface area contributed by atoms with Crippen molar-refractivity contribution in [1.29, 1.82) is 0 Å². The van der Waals surface area contributed by atoms with Crippen LogP contribution in [0.4, 0.5) is 0 Å². The van der Waals surface area contributed by atoms with Crippen LogP contribution >= 0.6 is 0 Å². The van der Waals surface area contributed by atoms with Gasteiger partial charge in [0.05, 0.1) is 11.8 Å². The Hall–Kier alpha value is -1.16. The van der Waals surface area contributed by atoms with Crippen molar-refractivity contribution in [3.8, 4) is 0 Å². The van der Waals surface area contributed by atoms with E-state index in [1.54, 1.807) is 6.92 Å². The maximum atomic E-state index is 11.5. The molecule has 0 aromatic carbocycles. The Balaban J connectivity index is 4.72. The molecule has 0 saturated heterocycles. The van der Waals surface area contributed by atoms with Gasteiger partial charge >= 0.3 is 5.97 Å². The second-order valence-corrected chi connectivity index (χ2v) is 3.44. The molecule has 0 radical (unpaired) electrons. The third-order valence-corrected chi connectivity index (χ3v) is 1.93. The van der Waals surface area contributed by atoms with Crippen LogP contribution < -0.4 is 5.73 Å². The summed E-state index contributed by atoms with van der Waals surface area (Å²) >= 11 is 0. The fourth-order valence-corrected chi connectivity index (χ4v) is 1.09. The zero-order valence-electron chi connectivity index (χ0n) is 7.96. The van der Waals surface area contributed by atoms with Crippen molar-refractivity contribution >= 4 is 11.8 Å². The number of aliphatic carboxylic acids is 1. The number of nitrogens with two attached hydrogens (primary N) is 1. The molecule has 0 heterocycles. The van der Waals surface area contributed by atoms with E-state index >= 15 is 0 Å². The van der Waals surface area contributed by atoms with Crippen LogP contribution in [0.2, 0.25) is 0 Å². The highest BCUT2D eigenvalue weighted by molar-refractivity contribution is 6.00. The molecule has 0 saturated carbocycles. The van der Waals surface area contributed by atoms with Gasteiger partial charge < -0.3 is 10.8 Å². The van der Waals surface area contributed by atoms with Crippen molar-refractivity contribution in [2.75, 3.05) is 6.54 Å². The van der Waals surface area contributed by atoms with Gasteiger partial charge in [-0.05, 0) is 12.5 Å². The Kier molecular flexibility index (Phi) is 3.81. The number of rotatable bonds is 5. The van der Waals surface area contributed by atoms with Crippen LogP contribution in [0.1, 0.15) is 20.3 Å². The fraction of sp³-hybridized carbons (Fsp3) is 0.556. The van der Waals surface area contributed by atoms with Crippen molar-refractivity contribution in [1.82, 2.24) is 0 Å². The lowest BCUT2D eigenvalue weighted by Crippen LogP contribution is -2.38. The molecule has 0 spiro atoms. The third kappa shape index (κ3) is 2.99. The first-order chi connectivity index (χ1) is 5.83. The average molecular weight is 185 g/mol. The van der Waals surface area contributed by atoms with Crippen LogP contribution in [-0.4, -0.2) is 23.4 Å². The highest BCUT2D eigenvalue weighted by Crippen LogP contribution is 2.24. The molecule has 13 heavy (non-hydrogen) atoms. The van der Waals surface area contributed by atoms with Gasteiger partial charge in [-0.2, -0.15) is 0 Å². The van der Waals surface area contributed by atoms with Crippen LogP contribution in [0.25, 0.3) is 0 Å². The number of hydrogen-bond donors (Lipinski definition) is 2. The molecule has 0 aliphatic heterocycles. The molecular formula is C9H15NO3. The van der Waals surface area contributed by atoms with Gasteiger partial charge in [-0.3, -0.25) is 9.59 Å². The second-order valence-electron chi connectivity index (χ2n) is 3.44. The van der Waals surface area contributed by atoms with E-state index in [9.17, 15) is 9.59 Å². The van der Waals surface area contributed by atoms with Crippen LogP contribution in [0.15, 0.2) is 12.2 Å². The van der Waals surface area contributed by atoms with Gasteiger partial charge in [0.25, 0.3) is 0 Å². The van der Waals surface area contributed by atoms with Gasteiger partial charge in [0.15, 0.2) is 5.78 Å². The van der Waals surface area contributed by atoms with Crippen molar-refractivity contribution in [2.24, 2.45) is 11.1 Å². The summed E-state index contributed by atoms with van der Waals surface area (Å²) in [5.41, 5.74) is 4.69. The first-order valence-corrected chi connectivity index (χ1v) is 3.95. The lowest BCUT2D eigenvalue weighted by atomic mass is 9.80. The van der Waals surface area contributed by atoms with Crippen LogP contribution in [0, 0.1) is 5.41 Å². The Labute approximate surface area is 77.4 Å². The van der Waals surface area contributed by atoms with Crippen molar-refractivity contribution in [2.45, 2.75) is 20.3 Å². The Morgan fingerprint density at radius 3 is 2.23 bits per heavy atom. The molecule has 74 valence electrons. The lowest BCUT2D eigenvalue weighted by molar-refractivity contribution is -0.142. The number of Topliss-reactive ketones (excluding diaryl/α,β-unsaturated/α-hetero) is 1. The van der Waals surface area contributed by atoms with E-state index in [0.717, 1.165) is 0 Å². The predicted molar refractivity (Wildman–Crippen MR) is 49.2 cm³/mol. The maximum absolute atomic E-state index is 11.5. The quantitative estimate of drug-likeness (QED) is 0.613. The number of hydrogen-bond acceptors (Lipinski definition) is 3. The number of ketones is 1. The minimum Gasteiger partial charge on any atom is -0.481 e. The molecule has 1 atom stereocenters. The summed E-state index contributed by atoms with van der Waals surface area (Å²) in [5, 5.41) is 8.57. The van der Waals surface area contributed by atoms with Crippen LogP contribution in [-0.2, 0) is 9.59 Å². The number of carbonyl (C=O) groups excluding carboxylic acids is 1. The standard InChI is InChI=1S/C9H15NO3/c1-6(2)8(13)9(3,5-10)4-7(11)12/h1,4-5,10H2,2-3H3,(H,11,12). The molecule has 3 N–H and O–H groups in total. The number of carbonyl (C=O) groups is 2. The largest absolute Gasteiger partial charge is 0.481 e. The Morgan fingerprint density at radius 1 is 1.54 bits per heavy atom. The summed E-state index contributed by atoms with van der Waals surface area (Å²) in [5.74, 6) is -1.31. The maximum Gasteiger partial charge on any atom is 0.304 e. The zero-order chi connectivity index (χ0) is 10.6. The monoisotopic (exact) mass is 185 g/mol. The van der Waals surface area contributed by atoms with E-state index < -0.39 is 11.4 Å². The molecule has 4 heteroatoms. The zero-order valence-corrected chi connectivity index (χ0v) is 7.96. The molecule has 0 bridgehead atoms. The van der Waals surface area contributed by atoms with Crippen molar-refractivity contribution in [3.05, 3.63) is 12.2 Å². The molecule has 0 rings (SSSR count). The molecule has 0 aromatic rings. The number of carboxylic acid groups (broad SMARTS) is 1. The molecule has 4 nitrogen and oxygen atoms in total. The summed E-state index contributed by atoms with van der Waals surface area (Å²) in [6.45, 7) is 6.59. The highest BCUT2D eigenvalue weighted by Gasteiger charge is 2.34. The van der Waals surface area contributed by atoms with Crippen molar-refractivity contribution in [3.63, 3.8) is 0 Å². The van der Waals surface area contributed by atoms with Gasteiger partial charge in [-0.25, -0.2) is 0 Å². The molecule has 0 aromatic heterocycles. The van der Waals surface area contributed by atoms with E-state index in [1.165, 1.54) is 6.92 Å². The van der Waals surface area contributed by atoms with Gasteiger partial charge in [-0.1, -0.05) is 13.5 Å². The SMILES string of the molecule is C=C(C)C(=O)C(C)(CN)CC(=O)O. The summed E-state index contributed by atoms with van der Waals surface area (Å²) in [6.07, 6.45) is -0.255. The van der Waals surface area contributed by atoms with Crippen molar-refractivity contribution < 1.29 is 14.7 Å². The van der Waals surface area contributed by atoms with Gasteiger partial charge in [0, 0.05) is 6.54 Å². The minimum atomic E-state index is -1.03. The average Bonchev–Trinajstić information content (AvgIpc) is 2.01. The second kappa shape index (κ2) is 4.18. The summed E-state index contributed by atoms with van der Waals surface area (Å²) < 4.78 is 0. The first kappa shape index (κ1) is 11.8. The topological polar surface area (TPSA) is 80.4 Å². The first-order valence-electron chi connectivity index (χ1n) is 3.95. The van der Waals surface area contributed by atoms with Gasteiger partial charge in [0.1, 0.15) is 0 Å².